The highest BCUT2D eigenvalue weighted by Gasteiger charge is 2.15. The third kappa shape index (κ3) is 6.32. The van der Waals surface area contributed by atoms with Crippen LogP contribution in [0, 0.1) is 0 Å². The summed E-state index contributed by atoms with van der Waals surface area (Å²) in [6.45, 7) is 8.99. The lowest BCUT2D eigenvalue weighted by Gasteiger charge is -2.26. The van der Waals surface area contributed by atoms with Crippen molar-refractivity contribution < 1.29 is 5.11 Å². The minimum absolute atomic E-state index is 0.172. The van der Waals surface area contributed by atoms with Gasteiger partial charge in [-0.2, -0.15) is 0 Å². The van der Waals surface area contributed by atoms with Crippen molar-refractivity contribution in [3.63, 3.8) is 0 Å². The molecule has 68 valence electrons. The van der Waals surface area contributed by atoms with Crippen LogP contribution in [0.15, 0.2) is 0 Å². The molecule has 0 aliphatic heterocycles. The molecular weight excluding hydrogens is 138 g/mol. The first-order valence-corrected chi connectivity index (χ1v) is 4.41. The smallest absolute Gasteiger partial charge is 0.0636 e. The largest absolute Gasteiger partial charge is 0.392 e. The number of hydrogen-bond acceptors (Lipinski definition) is 2. The van der Waals surface area contributed by atoms with Crippen LogP contribution in [0.4, 0.5) is 0 Å². The van der Waals surface area contributed by atoms with E-state index >= 15 is 0 Å². The maximum absolute atomic E-state index is 9.02. The van der Waals surface area contributed by atoms with E-state index < -0.39 is 0 Å². The van der Waals surface area contributed by atoms with Gasteiger partial charge in [0.1, 0.15) is 0 Å². The Morgan fingerprint density at radius 1 is 1.45 bits per heavy atom. The summed E-state index contributed by atoms with van der Waals surface area (Å²) < 4.78 is 0. The van der Waals surface area contributed by atoms with Crippen LogP contribution in [-0.4, -0.2) is 23.3 Å². The molecule has 0 saturated heterocycles. The van der Waals surface area contributed by atoms with Crippen molar-refractivity contribution in [2.45, 2.75) is 52.2 Å². The molecule has 0 heterocycles. The Hall–Kier alpha value is -0.0800. The topological polar surface area (TPSA) is 32.3 Å². The van der Waals surface area contributed by atoms with E-state index in [1.165, 1.54) is 6.42 Å². The highest BCUT2D eigenvalue weighted by Crippen LogP contribution is 2.09. The second-order valence-corrected chi connectivity index (χ2v) is 3.86. The summed E-state index contributed by atoms with van der Waals surface area (Å²) in [6.07, 6.45) is 2.09. The maximum Gasteiger partial charge on any atom is 0.0636 e. The summed E-state index contributed by atoms with van der Waals surface area (Å²) in [6, 6.07) is 0. The van der Waals surface area contributed by atoms with Gasteiger partial charge in [-0.25, -0.2) is 0 Å². The molecule has 0 aromatic heterocycles. The summed E-state index contributed by atoms with van der Waals surface area (Å²) >= 11 is 0. The number of aliphatic hydroxyl groups excluding tert-OH is 1. The molecule has 2 nitrogen and oxygen atoms in total. The van der Waals surface area contributed by atoms with E-state index in [0.717, 1.165) is 6.42 Å². The standard InChI is InChI=1S/C9H21NO/c1-5-6-9(3,4)10-7-8(2)11/h8,10-11H,5-7H2,1-4H3. The fourth-order valence-corrected chi connectivity index (χ4v) is 1.14. The van der Waals surface area contributed by atoms with Crippen LogP contribution in [-0.2, 0) is 0 Å². The van der Waals surface area contributed by atoms with Gasteiger partial charge < -0.3 is 10.4 Å². The van der Waals surface area contributed by atoms with Gasteiger partial charge >= 0.3 is 0 Å². The Balaban J connectivity index is 3.54. The summed E-state index contributed by atoms with van der Waals surface area (Å²) in [5.74, 6) is 0. The average Bonchev–Trinajstić information content (AvgIpc) is 1.84. The number of nitrogens with one attached hydrogen (secondary N) is 1. The van der Waals surface area contributed by atoms with Gasteiger partial charge in [0.15, 0.2) is 0 Å². The zero-order chi connectivity index (χ0) is 8.91. The first-order valence-electron chi connectivity index (χ1n) is 4.41. The van der Waals surface area contributed by atoms with Gasteiger partial charge in [-0.15, -0.1) is 0 Å². The lowest BCUT2D eigenvalue weighted by Crippen LogP contribution is -2.42. The number of aliphatic hydroxyl groups is 1. The van der Waals surface area contributed by atoms with Crippen molar-refractivity contribution in [3.8, 4) is 0 Å². The summed E-state index contributed by atoms with van der Waals surface area (Å²) in [5.41, 5.74) is 0.172. The quantitative estimate of drug-likeness (QED) is 0.637. The van der Waals surface area contributed by atoms with Crippen LogP contribution in [0.1, 0.15) is 40.5 Å². The molecule has 0 saturated carbocycles. The van der Waals surface area contributed by atoms with Crippen molar-refractivity contribution in [1.82, 2.24) is 5.32 Å². The zero-order valence-electron chi connectivity index (χ0n) is 8.15. The molecule has 1 atom stereocenters. The van der Waals surface area contributed by atoms with Gasteiger partial charge in [-0.1, -0.05) is 13.3 Å². The van der Waals surface area contributed by atoms with E-state index in [1.54, 1.807) is 6.92 Å². The van der Waals surface area contributed by atoms with Crippen molar-refractivity contribution in [2.75, 3.05) is 6.54 Å². The Labute approximate surface area is 70.0 Å². The van der Waals surface area contributed by atoms with Crippen LogP contribution in [0.2, 0.25) is 0 Å². The third-order valence-electron chi connectivity index (χ3n) is 1.75. The molecule has 0 spiro atoms. The highest BCUT2D eigenvalue weighted by molar-refractivity contribution is 4.77. The molecule has 11 heavy (non-hydrogen) atoms. The Morgan fingerprint density at radius 2 is 2.00 bits per heavy atom. The Kier molecular flexibility index (Phi) is 4.69. The van der Waals surface area contributed by atoms with Gasteiger partial charge in [0.2, 0.25) is 0 Å². The molecule has 0 rings (SSSR count). The second-order valence-electron chi connectivity index (χ2n) is 3.86. The fourth-order valence-electron chi connectivity index (χ4n) is 1.14. The molecule has 0 aromatic carbocycles. The molecule has 0 aromatic rings. The SMILES string of the molecule is CCCC(C)(C)NCC(C)O. The van der Waals surface area contributed by atoms with Crippen LogP contribution < -0.4 is 5.32 Å². The van der Waals surface area contributed by atoms with Crippen molar-refractivity contribution in [3.05, 3.63) is 0 Å². The Bertz CT molecular complexity index is 99.7. The van der Waals surface area contributed by atoms with E-state index in [9.17, 15) is 0 Å². The summed E-state index contributed by atoms with van der Waals surface area (Å²) in [4.78, 5) is 0. The van der Waals surface area contributed by atoms with Gasteiger partial charge in [0.25, 0.3) is 0 Å². The van der Waals surface area contributed by atoms with Gasteiger partial charge in [-0.05, 0) is 27.2 Å². The molecule has 1 unspecified atom stereocenters. The lowest BCUT2D eigenvalue weighted by atomic mass is 9.99. The molecular formula is C9H21NO. The van der Waals surface area contributed by atoms with Crippen molar-refractivity contribution >= 4 is 0 Å². The van der Waals surface area contributed by atoms with E-state index in [1.807, 2.05) is 0 Å². The van der Waals surface area contributed by atoms with E-state index in [4.69, 9.17) is 5.11 Å². The van der Waals surface area contributed by atoms with E-state index in [0.29, 0.717) is 6.54 Å². The molecule has 2 N–H and O–H groups in total. The third-order valence-corrected chi connectivity index (χ3v) is 1.75. The van der Waals surface area contributed by atoms with Gasteiger partial charge in [-0.3, -0.25) is 0 Å². The second kappa shape index (κ2) is 4.73. The number of rotatable bonds is 5. The van der Waals surface area contributed by atoms with Crippen molar-refractivity contribution in [1.29, 1.82) is 0 Å². The molecule has 0 radical (unpaired) electrons. The molecule has 0 aliphatic carbocycles. The monoisotopic (exact) mass is 159 g/mol. The van der Waals surface area contributed by atoms with E-state index in [2.05, 4.69) is 26.1 Å². The zero-order valence-corrected chi connectivity index (χ0v) is 8.15. The number of β-amino-alcohol motifs (C(OH)–C–C–N with tert-alkyl or cyclic N) is 1. The van der Waals surface area contributed by atoms with Gasteiger partial charge in [0.05, 0.1) is 6.10 Å². The Morgan fingerprint density at radius 3 is 2.36 bits per heavy atom. The normalized spacial score (nSPS) is 15.0. The molecule has 0 fully saturated rings. The first kappa shape index (κ1) is 10.9. The maximum atomic E-state index is 9.02. The summed E-state index contributed by atoms with van der Waals surface area (Å²) in [5, 5.41) is 12.3. The predicted molar refractivity (Wildman–Crippen MR) is 48.7 cm³/mol. The van der Waals surface area contributed by atoms with E-state index in [-0.39, 0.29) is 11.6 Å². The van der Waals surface area contributed by atoms with Crippen LogP contribution in [0.25, 0.3) is 0 Å². The van der Waals surface area contributed by atoms with Crippen LogP contribution in [0.5, 0.6) is 0 Å². The fraction of sp³-hybridized carbons (Fsp3) is 1.00. The summed E-state index contributed by atoms with van der Waals surface area (Å²) in [7, 11) is 0. The molecule has 0 amide bonds. The van der Waals surface area contributed by atoms with Gasteiger partial charge in [0, 0.05) is 12.1 Å². The molecule has 2 heteroatoms. The van der Waals surface area contributed by atoms with Crippen LogP contribution >= 0.6 is 0 Å². The highest BCUT2D eigenvalue weighted by atomic mass is 16.3. The lowest BCUT2D eigenvalue weighted by molar-refractivity contribution is 0.174. The minimum atomic E-state index is -0.244. The predicted octanol–water partition coefficient (Wildman–Crippen LogP) is 1.54. The van der Waals surface area contributed by atoms with Crippen LogP contribution in [0.3, 0.4) is 0 Å². The average molecular weight is 159 g/mol. The first-order chi connectivity index (χ1) is 4.98. The van der Waals surface area contributed by atoms with Crippen molar-refractivity contribution in [2.24, 2.45) is 0 Å². The number of hydrogen-bond donors (Lipinski definition) is 2. The molecule has 0 bridgehead atoms. The minimum Gasteiger partial charge on any atom is -0.392 e. The molecule has 0 aliphatic rings.